The molecule has 0 fully saturated rings. The van der Waals surface area contributed by atoms with Crippen molar-refractivity contribution < 1.29 is 14.3 Å². The third kappa shape index (κ3) is 2.33. The predicted octanol–water partition coefficient (Wildman–Crippen LogP) is 2.42. The number of rotatable bonds is 4. The molecule has 0 saturated carbocycles. The van der Waals surface area contributed by atoms with Crippen LogP contribution >= 0.6 is 15.9 Å². The third-order valence-corrected chi connectivity index (χ3v) is 2.46. The Morgan fingerprint density at radius 3 is 2.64 bits per heavy atom. The Morgan fingerprint density at radius 2 is 2.14 bits per heavy atom. The average Bonchev–Trinajstić information content (AvgIpc) is 2.20. The van der Waals surface area contributed by atoms with E-state index in [0.29, 0.717) is 17.9 Å². The summed E-state index contributed by atoms with van der Waals surface area (Å²) < 4.78 is 10.9. The molecule has 0 unspecified atom stereocenters. The van der Waals surface area contributed by atoms with Gasteiger partial charge in [-0.05, 0) is 33.6 Å². The lowest BCUT2D eigenvalue weighted by atomic mass is 10.1. The van der Waals surface area contributed by atoms with E-state index in [1.54, 1.807) is 26.4 Å². The van der Waals surface area contributed by atoms with Crippen molar-refractivity contribution in [2.24, 2.45) is 0 Å². The van der Waals surface area contributed by atoms with E-state index in [2.05, 4.69) is 15.9 Å². The van der Waals surface area contributed by atoms with Gasteiger partial charge in [0, 0.05) is 12.7 Å². The fourth-order valence-electron chi connectivity index (χ4n) is 1.16. The summed E-state index contributed by atoms with van der Waals surface area (Å²) in [5.41, 5.74) is 1.43. The summed E-state index contributed by atoms with van der Waals surface area (Å²) in [5.74, 6) is 0.697. The first kappa shape index (κ1) is 11.2. The van der Waals surface area contributed by atoms with Crippen LogP contribution in [0.4, 0.5) is 0 Å². The Labute approximate surface area is 91.1 Å². The zero-order valence-electron chi connectivity index (χ0n) is 8.04. The molecule has 0 radical (unpaired) electrons. The van der Waals surface area contributed by atoms with Crippen molar-refractivity contribution in [2.75, 3.05) is 14.2 Å². The van der Waals surface area contributed by atoms with Gasteiger partial charge in [-0.15, -0.1) is 0 Å². The number of methoxy groups -OCH3 is 2. The highest BCUT2D eigenvalue weighted by Crippen LogP contribution is 2.28. The Kier molecular flexibility index (Phi) is 4.10. The normalized spacial score (nSPS) is 9.93. The van der Waals surface area contributed by atoms with Crippen LogP contribution in [0.15, 0.2) is 16.6 Å². The fourth-order valence-corrected chi connectivity index (χ4v) is 1.68. The Bertz CT molecular complexity index is 336. The van der Waals surface area contributed by atoms with Gasteiger partial charge in [-0.1, -0.05) is 0 Å². The minimum absolute atomic E-state index is 0.401. The molecule has 0 spiro atoms. The lowest BCUT2D eigenvalue weighted by molar-refractivity contribution is 0.111. The predicted molar refractivity (Wildman–Crippen MR) is 56.8 cm³/mol. The van der Waals surface area contributed by atoms with Gasteiger partial charge in [0.1, 0.15) is 12.0 Å². The average molecular weight is 259 g/mol. The van der Waals surface area contributed by atoms with Gasteiger partial charge in [-0.25, -0.2) is 0 Å². The van der Waals surface area contributed by atoms with E-state index in [4.69, 9.17) is 9.47 Å². The molecule has 76 valence electrons. The number of benzene rings is 1. The largest absolute Gasteiger partial charge is 0.496 e. The number of carbonyl (C=O) groups is 1. The summed E-state index contributed by atoms with van der Waals surface area (Å²) >= 11 is 3.31. The van der Waals surface area contributed by atoms with Crippen LogP contribution in [-0.4, -0.2) is 20.5 Å². The van der Waals surface area contributed by atoms with Crippen molar-refractivity contribution in [3.8, 4) is 5.75 Å². The summed E-state index contributed by atoms with van der Waals surface area (Å²) in [7, 11) is 3.17. The number of hydrogen-bond acceptors (Lipinski definition) is 3. The molecule has 0 amide bonds. The molecule has 0 saturated heterocycles. The van der Waals surface area contributed by atoms with Crippen LogP contribution in [0.5, 0.6) is 5.75 Å². The quantitative estimate of drug-likeness (QED) is 0.779. The highest BCUT2D eigenvalue weighted by Gasteiger charge is 2.07. The third-order valence-electron chi connectivity index (χ3n) is 1.84. The van der Waals surface area contributed by atoms with Crippen LogP contribution in [0.1, 0.15) is 15.9 Å². The van der Waals surface area contributed by atoms with E-state index in [1.165, 1.54) is 0 Å². The van der Waals surface area contributed by atoms with Crippen LogP contribution in [0.3, 0.4) is 0 Å². The van der Waals surface area contributed by atoms with Crippen molar-refractivity contribution >= 4 is 22.2 Å². The van der Waals surface area contributed by atoms with E-state index >= 15 is 0 Å². The van der Waals surface area contributed by atoms with Gasteiger partial charge in [0.25, 0.3) is 0 Å². The van der Waals surface area contributed by atoms with Crippen molar-refractivity contribution in [3.63, 3.8) is 0 Å². The van der Waals surface area contributed by atoms with Gasteiger partial charge in [-0.2, -0.15) is 0 Å². The molecule has 0 atom stereocenters. The maximum atomic E-state index is 10.7. The second-order valence-electron chi connectivity index (χ2n) is 2.74. The van der Waals surface area contributed by atoms with Gasteiger partial charge in [-0.3, -0.25) is 4.79 Å². The maximum absolute atomic E-state index is 10.7. The second-order valence-corrected chi connectivity index (χ2v) is 3.59. The van der Waals surface area contributed by atoms with Gasteiger partial charge in [0.05, 0.1) is 18.2 Å². The van der Waals surface area contributed by atoms with Gasteiger partial charge in [0.2, 0.25) is 0 Å². The Balaban J connectivity index is 3.17. The first-order valence-corrected chi connectivity index (χ1v) is 4.82. The molecule has 0 bridgehead atoms. The van der Waals surface area contributed by atoms with E-state index < -0.39 is 0 Å². The number of carbonyl (C=O) groups excluding carboxylic acids is 1. The summed E-state index contributed by atoms with van der Waals surface area (Å²) in [6, 6.07) is 3.51. The van der Waals surface area contributed by atoms with Gasteiger partial charge >= 0.3 is 0 Å². The summed E-state index contributed by atoms with van der Waals surface area (Å²) in [5, 5.41) is 0. The van der Waals surface area contributed by atoms with Crippen LogP contribution in [0.2, 0.25) is 0 Å². The lowest BCUT2D eigenvalue weighted by Gasteiger charge is -2.08. The number of aldehydes is 1. The molecule has 0 aliphatic heterocycles. The molecule has 4 heteroatoms. The highest BCUT2D eigenvalue weighted by molar-refractivity contribution is 9.10. The number of ether oxygens (including phenoxy) is 2. The van der Waals surface area contributed by atoms with Gasteiger partial charge < -0.3 is 9.47 Å². The lowest BCUT2D eigenvalue weighted by Crippen LogP contribution is -1.97. The smallest absolute Gasteiger partial charge is 0.150 e. The van der Waals surface area contributed by atoms with Crippen molar-refractivity contribution in [1.29, 1.82) is 0 Å². The first-order chi connectivity index (χ1) is 6.72. The molecule has 1 aromatic carbocycles. The maximum Gasteiger partial charge on any atom is 0.150 e. The van der Waals surface area contributed by atoms with E-state index in [0.717, 1.165) is 16.3 Å². The molecular weight excluding hydrogens is 248 g/mol. The van der Waals surface area contributed by atoms with E-state index in [9.17, 15) is 4.79 Å². The SMILES string of the molecule is COCc1cc(OC)c(Br)cc1C=O. The topological polar surface area (TPSA) is 35.5 Å². The zero-order valence-corrected chi connectivity index (χ0v) is 9.63. The molecular formula is C10H11BrO3. The zero-order chi connectivity index (χ0) is 10.6. The van der Waals surface area contributed by atoms with Crippen LogP contribution in [0.25, 0.3) is 0 Å². The van der Waals surface area contributed by atoms with Crippen molar-refractivity contribution in [1.82, 2.24) is 0 Å². The van der Waals surface area contributed by atoms with Crippen LogP contribution < -0.4 is 4.74 Å². The molecule has 0 N–H and O–H groups in total. The van der Waals surface area contributed by atoms with E-state index in [1.807, 2.05) is 0 Å². The monoisotopic (exact) mass is 258 g/mol. The standard InChI is InChI=1S/C10H11BrO3/c1-13-6-8-4-10(14-2)9(11)3-7(8)5-12/h3-5H,6H2,1-2H3. The molecule has 1 aromatic rings. The van der Waals surface area contributed by atoms with E-state index in [-0.39, 0.29) is 0 Å². The van der Waals surface area contributed by atoms with Crippen LogP contribution in [0, 0.1) is 0 Å². The van der Waals surface area contributed by atoms with Crippen molar-refractivity contribution in [2.45, 2.75) is 6.61 Å². The molecule has 0 aromatic heterocycles. The second kappa shape index (κ2) is 5.12. The minimum Gasteiger partial charge on any atom is -0.496 e. The molecule has 0 aliphatic rings. The molecule has 3 nitrogen and oxygen atoms in total. The number of halogens is 1. The molecule has 14 heavy (non-hydrogen) atoms. The molecule has 0 heterocycles. The fraction of sp³-hybridized carbons (Fsp3) is 0.300. The van der Waals surface area contributed by atoms with Gasteiger partial charge in [0.15, 0.2) is 0 Å². The first-order valence-electron chi connectivity index (χ1n) is 4.03. The summed E-state index contributed by atoms with van der Waals surface area (Å²) in [4.78, 5) is 10.7. The number of hydrogen-bond donors (Lipinski definition) is 0. The molecule has 1 rings (SSSR count). The Morgan fingerprint density at radius 1 is 1.43 bits per heavy atom. The molecule has 0 aliphatic carbocycles. The highest BCUT2D eigenvalue weighted by atomic mass is 79.9. The van der Waals surface area contributed by atoms with Crippen molar-refractivity contribution in [3.05, 3.63) is 27.7 Å². The minimum atomic E-state index is 0.401. The summed E-state index contributed by atoms with van der Waals surface area (Å²) in [6.45, 7) is 0.401. The summed E-state index contributed by atoms with van der Waals surface area (Å²) in [6.07, 6.45) is 0.804. The van der Waals surface area contributed by atoms with Crippen LogP contribution in [-0.2, 0) is 11.3 Å². The Hall–Kier alpha value is -0.870.